The molecule has 0 bridgehead atoms. The number of amides is 1. The molecule has 0 aliphatic heterocycles. The summed E-state index contributed by atoms with van der Waals surface area (Å²) in [5.41, 5.74) is 1.72. The van der Waals surface area contributed by atoms with E-state index in [0.717, 1.165) is 49.2 Å². The number of hydrogen-bond donors (Lipinski definition) is 1. The van der Waals surface area contributed by atoms with Gasteiger partial charge in [-0.3, -0.25) is 4.79 Å². The Kier molecular flexibility index (Phi) is 7.83. The predicted octanol–water partition coefficient (Wildman–Crippen LogP) is 3.70. The lowest BCUT2D eigenvalue weighted by Gasteiger charge is -2.32. The molecule has 7 heteroatoms. The molecular formula is C23H30N4O3. The first-order valence-corrected chi connectivity index (χ1v) is 10.5. The lowest BCUT2D eigenvalue weighted by Crippen LogP contribution is -2.52. The molecule has 0 aromatic carbocycles. The van der Waals surface area contributed by atoms with E-state index >= 15 is 0 Å². The van der Waals surface area contributed by atoms with Crippen LogP contribution in [0.4, 0.5) is 0 Å². The van der Waals surface area contributed by atoms with Crippen molar-refractivity contribution < 1.29 is 14.3 Å². The van der Waals surface area contributed by atoms with Crippen molar-refractivity contribution in [2.75, 3.05) is 0 Å². The fraction of sp³-hybridized carbons (Fsp3) is 0.565. The van der Waals surface area contributed by atoms with Crippen LogP contribution in [0.5, 0.6) is 0 Å². The first kappa shape index (κ1) is 23.2. The van der Waals surface area contributed by atoms with Crippen molar-refractivity contribution in [3.05, 3.63) is 28.6 Å². The van der Waals surface area contributed by atoms with E-state index in [0.29, 0.717) is 12.8 Å². The minimum absolute atomic E-state index is 0.168. The van der Waals surface area contributed by atoms with Crippen molar-refractivity contribution in [1.82, 2.24) is 9.88 Å². The van der Waals surface area contributed by atoms with Crippen LogP contribution in [0.25, 0.3) is 6.08 Å². The third kappa shape index (κ3) is 5.30. The Morgan fingerprint density at radius 1 is 1.30 bits per heavy atom. The Morgan fingerprint density at radius 2 is 1.97 bits per heavy atom. The van der Waals surface area contributed by atoms with Crippen molar-refractivity contribution in [1.29, 1.82) is 10.5 Å². The molecule has 0 spiro atoms. The van der Waals surface area contributed by atoms with Crippen molar-refractivity contribution in [3.63, 3.8) is 0 Å². The van der Waals surface area contributed by atoms with E-state index in [1.165, 1.54) is 13.0 Å². The van der Waals surface area contributed by atoms with Gasteiger partial charge >= 0.3 is 5.97 Å². The Bertz CT molecular complexity index is 908. The van der Waals surface area contributed by atoms with Gasteiger partial charge in [-0.25, -0.2) is 4.79 Å². The zero-order chi connectivity index (χ0) is 22.3. The Hall–Kier alpha value is -3.06. The number of carbonyl (C=O) groups excluding carboxylic acids is 2. The number of nitrogens with one attached hydrogen (secondary N) is 1. The maximum absolute atomic E-state index is 12.5. The summed E-state index contributed by atoms with van der Waals surface area (Å²) in [5.74, 6) is -1.37. The van der Waals surface area contributed by atoms with Gasteiger partial charge in [0.25, 0.3) is 5.91 Å². The number of esters is 1. The Balaban J connectivity index is 2.10. The van der Waals surface area contributed by atoms with Crippen molar-refractivity contribution in [2.45, 2.75) is 84.4 Å². The second kappa shape index (κ2) is 10.1. The summed E-state index contributed by atoms with van der Waals surface area (Å²) in [6.07, 6.45) is 5.34. The highest BCUT2D eigenvalue weighted by Gasteiger charge is 2.35. The van der Waals surface area contributed by atoms with Crippen molar-refractivity contribution >= 4 is 18.0 Å². The summed E-state index contributed by atoms with van der Waals surface area (Å²) in [5, 5.41) is 21.7. The molecule has 1 atom stereocenters. The number of nitriles is 2. The Morgan fingerprint density at radius 3 is 2.53 bits per heavy atom. The van der Waals surface area contributed by atoms with Crippen LogP contribution in [0.3, 0.4) is 0 Å². The van der Waals surface area contributed by atoms with E-state index in [-0.39, 0.29) is 5.57 Å². The van der Waals surface area contributed by atoms with Crippen molar-refractivity contribution in [3.8, 4) is 12.1 Å². The molecule has 0 saturated heterocycles. The molecule has 1 aromatic rings. The number of hydrogen-bond acceptors (Lipinski definition) is 5. The fourth-order valence-corrected chi connectivity index (χ4v) is 3.87. The number of rotatable bonds is 7. The molecule has 1 heterocycles. The molecule has 1 aromatic heterocycles. The predicted molar refractivity (Wildman–Crippen MR) is 113 cm³/mol. The quantitative estimate of drug-likeness (QED) is 0.419. The molecule has 1 fully saturated rings. The number of nitrogens with zero attached hydrogens (tertiary/aromatic N) is 3. The monoisotopic (exact) mass is 410 g/mol. The van der Waals surface area contributed by atoms with E-state index in [9.17, 15) is 20.1 Å². The topological polar surface area (TPSA) is 108 Å². The summed E-state index contributed by atoms with van der Waals surface area (Å²) < 4.78 is 7.37. The van der Waals surface area contributed by atoms with Gasteiger partial charge in [-0.05, 0) is 57.7 Å². The summed E-state index contributed by atoms with van der Waals surface area (Å²) in [6.45, 7) is 8.31. The first-order chi connectivity index (χ1) is 14.3. The highest BCUT2D eigenvalue weighted by molar-refractivity contribution is 5.99. The average molecular weight is 411 g/mol. The number of aromatic nitrogens is 1. The zero-order valence-electron chi connectivity index (χ0n) is 18.2. The van der Waals surface area contributed by atoms with Crippen LogP contribution in [0.2, 0.25) is 0 Å². The normalized spacial score (nSPS) is 16.8. The third-order valence-electron chi connectivity index (χ3n) is 5.64. The van der Waals surface area contributed by atoms with Gasteiger partial charge in [0.15, 0.2) is 6.10 Å². The molecule has 1 saturated carbocycles. The SMILES string of the molecule is CCCn1c(C)cc(/C=C(\C#N)C(=O)O[C@H](C)C(=O)NC2(C#N)CCCCC2)c1C. The molecular weight excluding hydrogens is 380 g/mol. The molecule has 160 valence electrons. The van der Waals surface area contributed by atoms with E-state index in [2.05, 4.69) is 22.9 Å². The third-order valence-corrected chi connectivity index (χ3v) is 5.64. The number of carbonyl (C=O) groups is 2. The van der Waals surface area contributed by atoms with Gasteiger partial charge in [-0.1, -0.05) is 26.2 Å². The van der Waals surface area contributed by atoms with E-state index < -0.39 is 23.5 Å². The van der Waals surface area contributed by atoms with Gasteiger partial charge < -0.3 is 14.6 Å². The maximum Gasteiger partial charge on any atom is 0.349 e. The van der Waals surface area contributed by atoms with Gasteiger partial charge in [0.1, 0.15) is 17.2 Å². The molecule has 0 radical (unpaired) electrons. The van der Waals surface area contributed by atoms with Crippen LogP contribution in [0.1, 0.15) is 69.3 Å². The summed E-state index contributed by atoms with van der Waals surface area (Å²) >= 11 is 0. The molecule has 30 heavy (non-hydrogen) atoms. The van der Waals surface area contributed by atoms with Gasteiger partial charge in [0, 0.05) is 17.9 Å². The molecule has 1 amide bonds. The van der Waals surface area contributed by atoms with Crippen LogP contribution in [0, 0.1) is 36.5 Å². The molecule has 1 N–H and O–H groups in total. The first-order valence-electron chi connectivity index (χ1n) is 10.5. The smallest absolute Gasteiger partial charge is 0.349 e. The van der Waals surface area contributed by atoms with Crippen molar-refractivity contribution in [2.24, 2.45) is 0 Å². The second-order valence-corrected chi connectivity index (χ2v) is 7.94. The largest absolute Gasteiger partial charge is 0.448 e. The van der Waals surface area contributed by atoms with Crippen LogP contribution in [0.15, 0.2) is 11.6 Å². The highest BCUT2D eigenvalue weighted by atomic mass is 16.5. The van der Waals surface area contributed by atoms with Gasteiger partial charge in [0.05, 0.1) is 6.07 Å². The van der Waals surface area contributed by atoms with E-state index in [1.807, 2.05) is 26.0 Å². The van der Waals surface area contributed by atoms with E-state index in [4.69, 9.17) is 4.74 Å². The summed E-state index contributed by atoms with van der Waals surface area (Å²) in [7, 11) is 0. The maximum atomic E-state index is 12.5. The molecule has 1 aliphatic carbocycles. The minimum Gasteiger partial charge on any atom is -0.448 e. The van der Waals surface area contributed by atoms with E-state index in [1.54, 1.807) is 0 Å². The molecule has 7 nitrogen and oxygen atoms in total. The van der Waals surface area contributed by atoms with Gasteiger partial charge in [0.2, 0.25) is 0 Å². The molecule has 0 unspecified atom stereocenters. The summed E-state index contributed by atoms with van der Waals surface area (Å²) in [6, 6.07) is 6.01. The number of ether oxygens (including phenoxy) is 1. The van der Waals surface area contributed by atoms with Crippen LogP contribution in [-0.4, -0.2) is 28.1 Å². The number of aryl methyl sites for hydroxylation is 1. The van der Waals surface area contributed by atoms with Gasteiger partial charge in [-0.2, -0.15) is 10.5 Å². The lowest BCUT2D eigenvalue weighted by molar-refractivity contribution is -0.151. The second-order valence-electron chi connectivity index (χ2n) is 7.94. The van der Waals surface area contributed by atoms with Crippen LogP contribution in [-0.2, 0) is 20.9 Å². The minimum atomic E-state index is -1.10. The standard InChI is InChI=1S/C23H30N4O3/c1-5-11-27-16(2)12-19(17(27)3)13-20(14-24)22(29)30-18(4)21(28)26-23(15-25)9-7-6-8-10-23/h12-13,18H,5-11H2,1-4H3,(H,26,28)/b20-13+/t18-/m1/s1. The highest BCUT2D eigenvalue weighted by Crippen LogP contribution is 2.27. The van der Waals surface area contributed by atoms with Crippen LogP contribution < -0.4 is 5.32 Å². The lowest BCUT2D eigenvalue weighted by atomic mass is 9.83. The molecule has 2 rings (SSSR count). The Labute approximate surface area is 178 Å². The fourth-order valence-electron chi connectivity index (χ4n) is 3.87. The van der Waals surface area contributed by atoms with Gasteiger partial charge in [-0.15, -0.1) is 0 Å². The zero-order valence-corrected chi connectivity index (χ0v) is 18.2. The van der Waals surface area contributed by atoms with Crippen LogP contribution >= 0.6 is 0 Å². The summed E-state index contributed by atoms with van der Waals surface area (Å²) in [4.78, 5) is 25.0. The average Bonchev–Trinajstić information content (AvgIpc) is 3.00. The molecule has 1 aliphatic rings.